The maximum atomic E-state index is 13.9. The van der Waals surface area contributed by atoms with E-state index >= 15 is 0 Å². The summed E-state index contributed by atoms with van der Waals surface area (Å²) in [5, 5.41) is 2.32. The van der Waals surface area contributed by atoms with Gasteiger partial charge in [0, 0.05) is 18.7 Å². The maximum absolute atomic E-state index is 13.9. The van der Waals surface area contributed by atoms with Crippen molar-refractivity contribution in [1.82, 2.24) is 10.2 Å². The number of carbonyl (C=O) groups is 3. The van der Waals surface area contributed by atoms with E-state index in [2.05, 4.69) is 5.32 Å². The molecule has 0 aliphatic rings. The van der Waals surface area contributed by atoms with Crippen molar-refractivity contribution >= 4 is 18.0 Å². The first-order valence-corrected chi connectivity index (χ1v) is 9.19. The van der Waals surface area contributed by atoms with Crippen LogP contribution in [0.2, 0.25) is 0 Å². The highest BCUT2D eigenvalue weighted by Gasteiger charge is 2.29. The highest BCUT2D eigenvalue weighted by molar-refractivity contribution is 5.83. The van der Waals surface area contributed by atoms with Gasteiger partial charge in [0.05, 0.1) is 13.0 Å². The van der Waals surface area contributed by atoms with E-state index in [1.54, 1.807) is 20.8 Å². The van der Waals surface area contributed by atoms with Gasteiger partial charge in [-0.2, -0.15) is 0 Å². The molecule has 0 bridgehead atoms. The zero-order chi connectivity index (χ0) is 23.9. The second-order valence-electron chi connectivity index (χ2n) is 7.27. The Balaban J connectivity index is 2.97. The van der Waals surface area contributed by atoms with Gasteiger partial charge >= 0.3 is 12.1 Å². The standard InChI is InChI=1S/C19H23F5N2O5/c1-5-30-12(28)9-26(7-6-25-18(29)31-19(2,3)4)11(27)8-10-13(20)15(22)17(24)16(23)14(10)21/h5-9H2,1-4H3,(H,25,29). The predicted molar refractivity (Wildman–Crippen MR) is 97.4 cm³/mol. The first kappa shape index (κ1) is 26.1. The molecular formula is C19H23F5N2O5. The lowest BCUT2D eigenvalue weighted by atomic mass is 10.1. The normalized spacial score (nSPS) is 11.1. The third kappa shape index (κ3) is 7.68. The molecule has 0 unspecified atom stereocenters. The van der Waals surface area contributed by atoms with Crippen molar-refractivity contribution in [2.24, 2.45) is 0 Å². The molecule has 7 nitrogen and oxygen atoms in total. The number of amides is 2. The van der Waals surface area contributed by atoms with Crippen LogP contribution in [0.15, 0.2) is 0 Å². The number of alkyl carbamates (subject to hydrolysis) is 1. The molecule has 2 amide bonds. The first-order chi connectivity index (χ1) is 14.3. The smallest absolute Gasteiger partial charge is 0.407 e. The van der Waals surface area contributed by atoms with E-state index < -0.39 is 71.2 Å². The number of esters is 1. The van der Waals surface area contributed by atoms with E-state index in [1.165, 1.54) is 6.92 Å². The fourth-order valence-electron chi connectivity index (χ4n) is 2.33. The van der Waals surface area contributed by atoms with Crippen molar-refractivity contribution < 1.29 is 45.8 Å². The molecule has 0 saturated carbocycles. The van der Waals surface area contributed by atoms with Crippen LogP contribution in [0.1, 0.15) is 33.3 Å². The van der Waals surface area contributed by atoms with Crippen LogP contribution in [0.3, 0.4) is 0 Å². The van der Waals surface area contributed by atoms with Crippen molar-refractivity contribution in [1.29, 1.82) is 0 Å². The Bertz CT molecular complexity index is 813. The topological polar surface area (TPSA) is 84.9 Å². The van der Waals surface area contributed by atoms with E-state index in [4.69, 9.17) is 9.47 Å². The average Bonchev–Trinajstić information content (AvgIpc) is 2.66. The molecule has 0 atom stereocenters. The Hall–Kier alpha value is -2.92. The number of carbonyl (C=O) groups excluding carboxylic acids is 3. The average molecular weight is 454 g/mol. The molecule has 1 N–H and O–H groups in total. The van der Waals surface area contributed by atoms with Crippen LogP contribution < -0.4 is 5.32 Å². The largest absolute Gasteiger partial charge is 0.465 e. The van der Waals surface area contributed by atoms with Gasteiger partial charge in [-0.25, -0.2) is 26.7 Å². The molecule has 0 fully saturated rings. The van der Waals surface area contributed by atoms with E-state index in [0.717, 1.165) is 4.90 Å². The van der Waals surface area contributed by atoms with Gasteiger partial charge in [0.1, 0.15) is 12.1 Å². The van der Waals surface area contributed by atoms with Gasteiger partial charge in [0.2, 0.25) is 11.7 Å². The molecule has 31 heavy (non-hydrogen) atoms. The summed E-state index contributed by atoms with van der Waals surface area (Å²) in [5.74, 6) is -13.0. The lowest BCUT2D eigenvalue weighted by Gasteiger charge is -2.23. The summed E-state index contributed by atoms with van der Waals surface area (Å²) in [6, 6.07) is 0. The monoisotopic (exact) mass is 454 g/mol. The Morgan fingerprint density at radius 1 is 0.935 bits per heavy atom. The fraction of sp³-hybridized carbons (Fsp3) is 0.526. The molecule has 1 aromatic rings. The second kappa shape index (κ2) is 10.9. The quantitative estimate of drug-likeness (QED) is 0.283. The molecule has 0 radical (unpaired) electrons. The third-order valence-electron chi connectivity index (χ3n) is 3.66. The van der Waals surface area contributed by atoms with Crippen molar-refractivity contribution in [3.63, 3.8) is 0 Å². The van der Waals surface area contributed by atoms with E-state index in [9.17, 15) is 36.3 Å². The SMILES string of the molecule is CCOC(=O)CN(CCNC(=O)OC(C)(C)C)C(=O)Cc1c(F)c(F)c(F)c(F)c1F. The summed E-state index contributed by atoms with van der Waals surface area (Å²) in [5.41, 5.74) is -2.13. The minimum Gasteiger partial charge on any atom is -0.465 e. The van der Waals surface area contributed by atoms with Crippen LogP contribution in [-0.4, -0.2) is 54.7 Å². The summed E-state index contributed by atoms with van der Waals surface area (Å²) in [6.45, 7) is 5.12. The molecule has 0 saturated heterocycles. The molecule has 0 aliphatic heterocycles. The van der Waals surface area contributed by atoms with Crippen molar-refractivity contribution in [3.05, 3.63) is 34.6 Å². The number of ether oxygens (including phenoxy) is 2. The van der Waals surface area contributed by atoms with Crippen molar-refractivity contribution in [2.75, 3.05) is 26.2 Å². The second-order valence-corrected chi connectivity index (χ2v) is 7.27. The molecule has 0 heterocycles. The molecule has 1 rings (SSSR count). The van der Waals surface area contributed by atoms with Gasteiger partial charge < -0.3 is 19.7 Å². The summed E-state index contributed by atoms with van der Waals surface area (Å²) in [4.78, 5) is 36.6. The molecular weight excluding hydrogens is 431 g/mol. The molecule has 0 spiro atoms. The van der Waals surface area contributed by atoms with E-state index in [1.807, 2.05) is 0 Å². The van der Waals surface area contributed by atoms with Crippen LogP contribution in [0.25, 0.3) is 0 Å². The molecule has 174 valence electrons. The van der Waals surface area contributed by atoms with Gasteiger partial charge in [-0.05, 0) is 27.7 Å². The lowest BCUT2D eigenvalue weighted by molar-refractivity contribution is -0.148. The van der Waals surface area contributed by atoms with Gasteiger partial charge in [-0.15, -0.1) is 0 Å². The first-order valence-electron chi connectivity index (χ1n) is 9.19. The third-order valence-corrected chi connectivity index (χ3v) is 3.66. The zero-order valence-corrected chi connectivity index (χ0v) is 17.4. The summed E-state index contributed by atoms with van der Waals surface area (Å²) < 4.78 is 77.4. The van der Waals surface area contributed by atoms with Gasteiger partial charge in [0.25, 0.3) is 0 Å². The molecule has 0 aliphatic carbocycles. The highest BCUT2D eigenvalue weighted by Crippen LogP contribution is 2.23. The van der Waals surface area contributed by atoms with Crippen LogP contribution in [0, 0.1) is 29.1 Å². The Labute approximate surface area is 175 Å². The van der Waals surface area contributed by atoms with Gasteiger partial charge in [-0.3, -0.25) is 9.59 Å². The summed E-state index contributed by atoms with van der Waals surface area (Å²) >= 11 is 0. The Morgan fingerprint density at radius 2 is 1.45 bits per heavy atom. The number of benzene rings is 1. The highest BCUT2D eigenvalue weighted by atomic mass is 19.2. The zero-order valence-electron chi connectivity index (χ0n) is 17.4. The number of hydrogen-bond acceptors (Lipinski definition) is 5. The number of halogens is 5. The van der Waals surface area contributed by atoms with Crippen LogP contribution in [0.5, 0.6) is 0 Å². The van der Waals surface area contributed by atoms with Crippen LogP contribution >= 0.6 is 0 Å². The number of nitrogens with one attached hydrogen (secondary N) is 1. The maximum Gasteiger partial charge on any atom is 0.407 e. The van der Waals surface area contributed by atoms with Gasteiger partial charge in [-0.1, -0.05) is 0 Å². The van der Waals surface area contributed by atoms with Gasteiger partial charge in [0.15, 0.2) is 23.3 Å². The van der Waals surface area contributed by atoms with E-state index in [-0.39, 0.29) is 19.7 Å². The predicted octanol–water partition coefficient (Wildman–Crippen LogP) is 2.84. The van der Waals surface area contributed by atoms with Crippen LogP contribution in [0.4, 0.5) is 26.7 Å². The minimum absolute atomic E-state index is 0.0192. The minimum atomic E-state index is -2.35. The van der Waals surface area contributed by atoms with E-state index in [0.29, 0.717) is 0 Å². The molecule has 0 aromatic heterocycles. The number of hydrogen-bond donors (Lipinski definition) is 1. The molecule has 1 aromatic carbocycles. The lowest BCUT2D eigenvalue weighted by Crippen LogP contribution is -2.43. The van der Waals surface area contributed by atoms with Crippen molar-refractivity contribution in [3.8, 4) is 0 Å². The summed E-state index contributed by atoms with van der Waals surface area (Å²) in [6.07, 6.45) is -2.03. The van der Waals surface area contributed by atoms with Crippen LogP contribution in [-0.2, 0) is 25.5 Å². The number of rotatable bonds is 8. The summed E-state index contributed by atoms with van der Waals surface area (Å²) in [7, 11) is 0. The van der Waals surface area contributed by atoms with Crippen molar-refractivity contribution in [2.45, 2.75) is 39.7 Å². The fourth-order valence-corrected chi connectivity index (χ4v) is 2.33. The Morgan fingerprint density at radius 3 is 1.94 bits per heavy atom. The number of nitrogens with zero attached hydrogens (tertiary/aromatic N) is 1. The Kier molecular flexibility index (Phi) is 9.19. The molecule has 12 heteroatoms.